The SMILES string of the molecule is Cc1cc(C(=N)N)cc(Sc2ccc(C)c(C)c2)n1. The van der Waals surface area contributed by atoms with Gasteiger partial charge in [0.1, 0.15) is 10.9 Å². The van der Waals surface area contributed by atoms with E-state index < -0.39 is 0 Å². The summed E-state index contributed by atoms with van der Waals surface area (Å²) in [6.07, 6.45) is 0. The Morgan fingerprint density at radius 3 is 2.47 bits per heavy atom. The number of pyridine rings is 1. The van der Waals surface area contributed by atoms with E-state index in [1.165, 1.54) is 11.1 Å². The second-order valence-electron chi connectivity index (χ2n) is 4.60. The Hall–Kier alpha value is -1.81. The van der Waals surface area contributed by atoms with E-state index in [0.717, 1.165) is 21.2 Å². The second kappa shape index (κ2) is 5.45. The predicted octanol–water partition coefficient (Wildman–Crippen LogP) is 3.44. The van der Waals surface area contributed by atoms with Gasteiger partial charge in [-0.15, -0.1) is 0 Å². The molecule has 98 valence electrons. The zero-order chi connectivity index (χ0) is 14.0. The maximum Gasteiger partial charge on any atom is 0.122 e. The van der Waals surface area contributed by atoms with Crippen LogP contribution < -0.4 is 5.73 Å². The summed E-state index contributed by atoms with van der Waals surface area (Å²) in [4.78, 5) is 5.62. The number of nitrogens with two attached hydrogens (primary N) is 1. The number of nitrogen functional groups attached to an aromatic ring is 1. The number of aryl methyl sites for hydroxylation is 3. The van der Waals surface area contributed by atoms with Crippen molar-refractivity contribution in [3.05, 3.63) is 52.7 Å². The molecule has 1 aromatic carbocycles. The fourth-order valence-corrected chi connectivity index (χ4v) is 2.73. The zero-order valence-corrected chi connectivity index (χ0v) is 12.1. The summed E-state index contributed by atoms with van der Waals surface area (Å²) in [7, 11) is 0. The Morgan fingerprint density at radius 2 is 1.84 bits per heavy atom. The minimum Gasteiger partial charge on any atom is -0.384 e. The van der Waals surface area contributed by atoms with E-state index in [-0.39, 0.29) is 5.84 Å². The molecule has 19 heavy (non-hydrogen) atoms. The molecule has 0 atom stereocenters. The van der Waals surface area contributed by atoms with Gasteiger partial charge in [0.15, 0.2) is 0 Å². The summed E-state index contributed by atoms with van der Waals surface area (Å²) >= 11 is 1.59. The highest BCUT2D eigenvalue weighted by Crippen LogP contribution is 2.28. The van der Waals surface area contributed by atoms with Crippen LogP contribution in [0.5, 0.6) is 0 Å². The van der Waals surface area contributed by atoms with Crippen molar-refractivity contribution in [3.63, 3.8) is 0 Å². The molecule has 0 aliphatic rings. The zero-order valence-electron chi connectivity index (χ0n) is 11.3. The van der Waals surface area contributed by atoms with Crippen molar-refractivity contribution in [2.75, 3.05) is 0 Å². The molecule has 1 heterocycles. The van der Waals surface area contributed by atoms with E-state index in [4.69, 9.17) is 11.1 Å². The van der Waals surface area contributed by atoms with Crippen molar-refractivity contribution >= 4 is 17.6 Å². The first-order chi connectivity index (χ1) is 8.95. The van der Waals surface area contributed by atoms with Gasteiger partial charge in [-0.25, -0.2) is 4.98 Å². The summed E-state index contributed by atoms with van der Waals surface area (Å²) in [6, 6.07) is 10.0. The number of hydrogen-bond acceptors (Lipinski definition) is 3. The largest absolute Gasteiger partial charge is 0.384 e. The molecule has 3 N–H and O–H groups in total. The van der Waals surface area contributed by atoms with Gasteiger partial charge in [-0.2, -0.15) is 0 Å². The average Bonchev–Trinajstić information content (AvgIpc) is 2.33. The van der Waals surface area contributed by atoms with E-state index >= 15 is 0 Å². The molecule has 0 saturated heterocycles. The minimum atomic E-state index is 0.0763. The Balaban J connectivity index is 2.32. The normalized spacial score (nSPS) is 10.5. The van der Waals surface area contributed by atoms with Crippen LogP contribution in [0.25, 0.3) is 0 Å². The average molecular weight is 271 g/mol. The number of nitrogens with one attached hydrogen (secondary N) is 1. The quantitative estimate of drug-likeness (QED) is 0.664. The van der Waals surface area contributed by atoms with Crippen LogP contribution in [-0.2, 0) is 0 Å². The fraction of sp³-hybridized carbons (Fsp3) is 0.200. The van der Waals surface area contributed by atoms with E-state index in [0.29, 0.717) is 0 Å². The van der Waals surface area contributed by atoms with Gasteiger partial charge in [0.05, 0.1) is 0 Å². The molecule has 4 heteroatoms. The number of rotatable bonds is 3. The van der Waals surface area contributed by atoms with Crippen LogP contribution in [0.4, 0.5) is 0 Å². The fourth-order valence-electron chi connectivity index (χ4n) is 1.74. The Labute approximate surface area is 117 Å². The summed E-state index contributed by atoms with van der Waals surface area (Å²) in [5.74, 6) is 0.0763. The molecular formula is C15H17N3S. The monoisotopic (exact) mass is 271 g/mol. The predicted molar refractivity (Wildman–Crippen MR) is 80.0 cm³/mol. The van der Waals surface area contributed by atoms with Crippen molar-refractivity contribution in [1.29, 1.82) is 5.41 Å². The molecule has 2 aromatic rings. The maximum atomic E-state index is 7.51. The van der Waals surface area contributed by atoms with Gasteiger partial charge in [-0.1, -0.05) is 17.8 Å². The summed E-state index contributed by atoms with van der Waals surface area (Å²) in [5, 5.41) is 8.38. The number of nitrogens with zero attached hydrogens (tertiary/aromatic N) is 1. The van der Waals surface area contributed by atoms with Crippen molar-refractivity contribution in [2.24, 2.45) is 5.73 Å². The lowest BCUT2D eigenvalue weighted by molar-refractivity contribution is 1.06. The van der Waals surface area contributed by atoms with Crippen molar-refractivity contribution in [2.45, 2.75) is 30.7 Å². The highest BCUT2D eigenvalue weighted by atomic mass is 32.2. The molecular weight excluding hydrogens is 254 g/mol. The van der Waals surface area contributed by atoms with Gasteiger partial charge in [-0.3, -0.25) is 5.41 Å². The third-order valence-corrected chi connectivity index (χ3v) is 3.85. The van der Waals surface area contributed by atoms with Gasteiger partial charge in [0.25, 0.3) is 0 Å². The highest BCUT2D eigenvalue weighted by Gasteiger charge is 2.05. The van der Waals surface area contributed by atoms with Gasteiger partial charge in [0, 0.05) is 16.2 Å². The molecule has 2 rings (SSSR count). The lowest BCUT2D eigenvalue weighted by atomic mass is 10.1. The molecule has 0 fully saturated rings. The molecule has 0 saturated carbocycles. The smallest absolute Gasteiger partial charge is 0.122 e. The van der Waals surface area contributed by atoms with Crippen molar-refractivity contribution in [1.82, 2.24) is 4.98 Å². The Kier molecular flexibility index (Phi) is 3.90. The lowest BCUT2D eigenvalue weighted by Gasteiger charge is -2.07. The van der Waals surface area contributed by atoms with Gasteiger partial charge in [-0.05, 0) is 56.2 Å². The Morgan fingerprint density at radius 1 is 1.11 bits per heavy atom. The standard InChI is InChI=1S/C15H17N3S/c1-9-4-5-13(6-10(9)2)19-14-8-12(15(16)17)7-11(3)18-14/h4-8H,1-3H3,(H3,16,17). The van der Waals surface area contributed by atoms with Crippen molar-refractivity contribution in [3.8, 4) is 0 Å². The highest BCUT2D eigenvalue weighted by molar-refractivity contribution is 7.99. The van der Waals surface area contributed by atoms with Gasteiger partial charge in [0.2, 0.25) is 0 Å². The first-order valence-corrected chi connectivity index (χ1v) is 6.85. The van der Waals surface area contributed by atoms with Crippen LogP contribution in [0.2, 0.25) is 0 Å². The number of benzene rings is 1. The maximum absolute atomic E-state index is 7.51. The molecule has 1 aromatic heterocycles. The minimum absolute atomic E-state index is 0.0763. The van der Waals surface area contributed by atoms with Crippen LogP contribution in [0.3, 0.4) is 0 Å². The number of hydrogen-bond donors (Lipinski definition) is 2. The molecule has 0 radical (unpaired) electrons. The first-order valence-electron chi connectivity index (χ1n) is 6.04. The third kappa shape index (κ3) is 3.35. The van der Waals surface area contributed by atoms with E-state index in [1.54, 1.807) is 11.8 Å². The first kappa shape index (κ1) is 13.6. The Bertz CT molecular complexity index is 635. The van der Waals surface area contributed by atoms with Crippen molar-refractivity contribution < 1.29 is 0 Å². The lowest BCUT2D eigenvalue weighted by Crippen LogP contribution is -2.11. The molecule has 0 amide bonds. The molecule has 3 nitrogen and oxygen atoms in total. The van der Waals surface area contributed by atoms with E-state index in [9.17, 15) is 0 Å². The molecule has 0 spiro atoms. The topological polar surface area (TPSA) is 62.8 Å². The van der Waals surface area contributed by atoms with Crippen LogP contribution >= 0.6 is 11.8 Å². The summed E-state index contributed by atoms with van der Waals surface area (Å²) in [5.41, 5.74) is 9.68. The van der Waals surface area contributed by atoms with Crippen LogP contribution in [0, 0.1) is 26.2 Å². The molecule has 0 aliphatic carbocycles. The number of aromatic nitrogens is 1. The number of amidine groups is 1. The van der Waals surface area contributed by atoms with Crippen LogP contribution in [0.15, 0.2) is 40.3 Å². The second-order valence-corrected chi connectivity index (χ2v) is 5.69. The van der Waals surface area contributed by atoms with Crippen LogP contribution in [-0.4, -0.2) is 10.8 Å². The van der Waals surface area contributed by atoms with E-state index in [2.05, 4.69) is 37.0 Å². The van der Waals surface area contributed by atoms with E-state index in [1.807, 2.05) is 19.1 Å². The van der Waals surface area contributed by atoms with Crippen LogP contribution in [0.1, 0.15) is 22.4 Å². The van der Waals surface area contributed by atoms with Gasteiger partial charge < -0.3 is 5.73 Å². The van der Waals surface area contributed by atoms with Gasteiger partial charge >= 0.3 is 0 Å². The summed E-state index contributed by atoms with van der Waals surface area (Å²) < 4.78 is 0. The molecule has 0 aliphatic heterocycles. The summed E-state index contributed by atoms with van der Waals surface area (Å²) in [6.45, 7) is 6.11. The molecule has 0 unspecified atom stereocenters. The third-order valence-electron chi connectivity index (χ3n) is 2.94. The molecule has 0 bridgehead atoms.